The van der Waals surface area contributed by atoms with Crippen LogP contribution in [0.4, 0.5) is 5.95 Å². The van der Waals surface area contributed by atoms with Crippen molar-refractivity contribution in [2.24, 2.45) is 0 Å². The van der Waals surface area contributed by atoms with E-state index in [0.29, 0.717) is 11.7 Å². The molecule has 0 spiro atoms. The molecule has 0 aromatic carbocycles. The van der Waals surface area contributed by atoms with E-state index in [1.807, 2.05) is 6.20 Å². The number of aryl methyl sites for hydroxylation is 1. The molecule has 17 heavy (non-hydrogen) atoms. The lowest BCUT2D eigenvalue weighted by Gasteiger charge is -2.05. The van der Waals surface area contributed by atoms with Crippen LogP contribution in [0.3, 0.4) is 0 Å². The molecule has 0 saturated heterocycles. The summed E-state index contributed by atoms with van der Waals surface area (Å²) >= 11 is 0. The van der Waals surface area contributed by atoms with Crippen molar-refractivity contribution in [1.29, 1.82) is 0 Å². The second kappa shape index (κ2) is 5.78. The zero-order valence-electron chi connectivity index (χ0n) is 9.58. The molecule has 0 unspecified atom stereocenters. The molecular formula is C10H14N6O. The van der Waals surface area contributed by atoms with Gasteiger partial charge in [-0.05, 0) is 6.42 Å². The van der Waals surface area contributed by atoms with Crippen LogP contribution in [0.2, 0.25) is 0 Å². The standard InChI is InChI=1S/C10H14N6O/c1-17-9-7-12-10(13-8-9)11-3-2-5-16-6-4-14-15-16/h4,6-8H,2-3,5H2,1H3,(H,11,12,13). The average Bonchev–Trinajstić information content (AvgIpc) is 2.88. The lowest BCUT2D eigenvalue weighted by Crippen LogP contribution is -2.09. The molecule has 2 aromatic rings. The van der Waals surface area contributed by atoms with Crippen LogP contribution in [-0.2, 0) is 6.54 Å². The predicted octanol–water partition coefficient (Wildman–Crippen LogP) is 0.579. The maximum atomic E-state index is 4.97. The Morgan fingerprint density at radius 1 is 1.35 bits per heavy atom. The number of aromatic nitrogens is 5. The zero-order valence-corrected chi connectivity index (χ0v) is 9.58. The first-order valence-electron chi connectivity index (χ1n) is 5.32. The number of nitrogens with one attached hydrogen (secondary N) is 1. The normalized spacial score (nSPS) is 10.2. The Bertz CT molecular complexity index is 427. The van der Waals surface area contributed by atoms with E-state index in [0.717, 1.165) is 19.5 Å². The number of methoxy groups -OCH3 is 1. The minimum absolute atomic E-state index is 0.601. The van der Waals surface area contributed by atoms with Crippen LogP contribution in [0, 0.1) is 0 Å². The molecule has 1 N–H and O–H groups in total. The highest BCUT2D eigenvalue weighted by molar-refractivity contribution is 5.26. The summed E-state index contributed by atoms with van der Waals surface area (Å²) in [4.78, 5) is 8.20. The van der Waals surface area contributed by atoms with E-state index in [9.17, 15) is 0 Å². The quantitative estimate of drug-likeness (QED) is 0.737. The van der Waals surface area contributed by atoms with Crippen LogP contribution in [0.5, 0.6) is 5.75 Å². The van der Waals surface area contributed by atoms with Gasteiger partial charge in [0, 0.05) is 19.3 Å². The van der Waals surface area contributed by atoms with E-state index in [-0.39, 0.29) is 0 Å². The molecule has 0 amide bonds. The van der Waals surface area contributed by atoms with Crippen LogP contribution in [0.25, 0.3) is 0 Å². The molecule has 0 saturated carbocycles. The average molecular weight is 234 g/mol. The first-order valence-corrected chi connectivity index (χ1v) is 5.32. The van der Waals surface area contributed by atoms with E-state index in [2.05, 4.69) is 25.6 Å². The summed E-state index contributed by atoms with van der Waals surface area (Å²) in [6.45, 7) is 1.61. The smallest absolute Gasteiger partial charge is 0.222 e. The molecular weight excluding hydrogens is 220 g/mol. The Hall–Kier alpha value is -2.18. The number of nitrogens with zero attached hydrogens (tertiary/aromatic N) is 5. The van der Waals surface area contributed by atoms with Gasteiger partial charge in [-0.2, -0.15) is 0 Å². The highest BCUT2D eigenvalue weighted by atomic mass is 16.5. The van der Waals surface area contributed by atoms with Crippen molar-refractivity contribution in [3.63, 3.8) is 0 Å². The van der Waals surface area contributed by atoms with Crippen molar-refractivity contribution in [2.75, 3.05) is 19.0 Å². The molecule has 0 radical (unpaired) electrons. The Morgan fingerprint density at radius 3 is 2.82 bits per heavy atom. The van der Waals surface area contributed by atoms with E-state index in [1.54, 1.807) is 30.4 Å². The molecule has 0 aliphatic heterocycles. The molecule has 90 valence electrons. The molecule has 0 atom stereocenters. The lowest BCUT2D eigenvalue weighted by atomic mass is 10.4. The predicted molar refractivity (Wildman–Crippen MR) is 61.7 cm³/mol. The Morgan fingerprint density at radius 2 is 2.18 bits per heavy atom. The van der Waals surface area contributed by atoms with Gasteiger partial charge in [-0.25, -0.2) is 9.97 Å². The number of rotatable bonds is 6. The Labute approximate surface area is 98.8 Å². The Balaban J connectivity index is 1.70. The van der Waals surface area contributed by atoms with E-state index < -0.39 is 0 Å². The zero-order chi connectivity index (χ0) is 11.9. The molecule has 2 heterocycles. The second-order valence-corrected chi connectivity index (χ2v) is 3.39. The minimum atomic E-state index is 0.601. The Kier molecular flexibility index (Phi) is 3.85. The third-order valence-electron chi connectivity index (χ3n) is 2.18. The summed E-state index contributed by atoms with van der Waals surface area (Å²) in [6.07, 6.45) is 7.70. The first kappa shape index (κ1) is 11.3. The first-order chi connectivity index (χ1) is 8.38. The van der Waals surface area contributed by atoms with Gasteiger partial charge in [0.2, 0.25) is 5.95 Å². The molecule has 2 aromatic heterocycles. The van der Waals surface area contributed by atoms with Gasteiger partial charge in [0.05, 0.1) is 25.7 Å². The van der Waals surface area contributed by atoms with Crippen molar-refractivity contribution in [1.82, 2.24) is 25.0 Å². The number of hydrogen-bond acceptors (Lipinski definition) is 6. The van der Waals surface area contributed by atoms with Crippen LogP contribution in [0.1, 0.15) is 6.42 Å². The van der Waals surface area contributed by atoms with Crippen LogP contribution in [-0.4, -0.2) is 38.6 Å². The molecule has 0 aliphatic rings. The maximum Gasteiger partial charge on any atom is 0.222 e. The lowest BCUT2D eigenvalue weighted by molar-refractivity contribution is 0.411. The largest absolute Gasteiger partial charge is 0.494 e. The number of anilines is 1. The third kappa shape index (κ3) is 3.40. The SMILES string of the molecule is COc1cnc(NCCCn2ccnn2)nc1. The summed E-state index contributed by atoms with van der Waals surface area (Å²) in [5, 5.41) is 10.7. The van der Waals surface area contributed by atoms with Gasteiger partial charge in [0.1, 0.15) is 0 Å². The molecule has 2 rings (SSSR count). The van der Waals surface area contributed by atoms with E-state index in [1.165, 1.54) is 0 Å². The highest BCUT2D eigenvalue weighted by Gasteiger charge is 1.97. The fourth-order valence-corrected chi connectivity index (χ4v) is 1.31. The molecule has 0 aliphatic carbocycles. The van der Waals surface area contributed by atoms with Crippen molar-refractivity contribution < 1.29 is 4.74 Å². The monoisotopic (exact) mass is 234 g/mol. The number of hydrogen-bond donors (Lipinski definition) is 1. The fourth-order valence-electron chi connectivity index (χ4n) is 1.31. The van der Waals surface area contributed by atoms with Crippen LogP contribution >= 0.6 is 0 Å². The summed E-state index contributed by atoms with van der Waals surface area (Å²) < 4.78 is 6.76. The van der Waals surface area contributed by atoms with Crippen molar-refractivity contribution in [3.8, 4) is 5.75 Å². The van der Waals surface area contributed by atoms with Crippen LogP contribution < -0.4 is 10.1 Å². The summed E-state index contributed by atoms with van der Waals surface area (Å²) in [6, 6.07) is 0. The third-order valence-corrected chi connectivity index (χ3v) is 2.18. The van der Waals surface area contributed by atoms with Gasteiger partial charge < -0.3 is 10.1 Å². The van der Waals surface area contributed by atoms with Crippen molar-refractivity contribution in [2.45, 2.75) is 13.0 Å². The topological polar surface area (TPSA) is 77.8 Å². The molecule has 7 nitrogen and oxygen atoms in total. The summed E-state index contributed by atoms with van der Waals surface area (Å²) in [5.41, 5.74) is 0. The van der Waals surface area contributed by atoms with Crippen molar-refractivity contribution >= 4 is 5.95 Å². The fraction of sp³-hybridized carbons (Fsp3) is 0.400. The summed E-state index contributed by atoms with van der Waals surface area (Å²) in [7, 11) is 1.59. The van der Waals surface area contributed by atoms with Gasteiger partial charge in [-0.15, -0.1) is 5.10 Å². The molecule has 7 heteroatoms. The highest BCUT2D eigenvalue weighted by Crippen LogP contribution is 2.06. The van der Waals surface area contributed by atoms with Crippen molar-refractivity contribution in [3.05, 3.63) is 24.8 Å². The van der Waals surface area contributed by atoms with Gasteiger partial charge in [-0.3, -0.25) is 4.68 Å². The second-order valence-electron chi connectivity index (χ2n) is 3.39. The van der Waals surface area contributed by atoms with Crippen LogP contribution in [0.15, 0.2) is 24.8 Å². The van der Waals surface area contributed by atoms with Gasteiger partial charge in [0.15, 0.2) is 5.75 Å². The van der Waals surface area contributed by atoms with E-state index >= 15 is 0 Å². The number of ether oxygens (including phenoxy) is 1. The summed E-state index contributed by atoms with van der Waals surface area (Å²) in [5.74, 6) is 1.25. The van der Waals surface area contributed by atoms with Gasteiger partial charge >= 0.3 is 0 Å². The van der Waals surface area contributed by atoms with E-state index in [4.69, 9.17) is 4.74 Å². The molecule has 0 bridgehead atoms. The van der Waals surface area contributed by atoms with Gasteiger partial charge in [0.25, 0.3) is 0 Å². The minimum Gasteiger partial charge on any atom is -0.494 e. The molecule has 0 fully saturated rings. The maximum absolute atomic E-state index is 4.97. The van der Waals surface area contributed by atoms with Gasteiger partial charge in [-0.1, -0.05) is 5.21 Å².